The second-order valence-electron chi connectivity index (χ2n) is 15.0. The fourth-order valence-corrected chi connectivity index (χ4v) is 8.96. The predicted molar refractivity (Wildman–Crippen MR) is 229 cm³/mol. The summed E-state index contributed by atoms with van der Waals surface area (Å²) in [5, 5.41) is 3.64. The van der Waals surface area contributed by atoms with Crippen LogP contribution in [0.4, 0.5) is 17.1 Å². The quantitative estimate of drug-likeness (QED) is 0.172. The third-order valence-electron chi connectivity index (χ3n) is 11.6. The van der Waals surface area contributed by atoms with Crippen LogP contribution in [0.15, 0.2) is 183 Å². The van der Waals surface area contributed by atoms with E-state index in [4.69, 9.17) is 0 Å². The molecule has 3 heterocycles. The van der Waals surface area contributed by atoms with Gasteiger partial charge < -0.3 is 14.0 Å². The molecule has 0 aliphatic heterocycles. The number of hydrogen-bond donors (Lipinski definition) is 0. The highest BCUT2D eigenvalue weighted by Crippen LogP contribution is 2.51. The molecule has 56 heavy (non-hydrogen) atoms. The van der Waals surface area contributed by atoms with Crippen LogP contribution in [0.25, 0.3) is 66.6 Å². The predicted octanol–water partition coefficient (Wildman–Crippen LogP) is 12.4. The largest absolute Gasteiger partial charge is 0.317 e. The molecule has 1 aliphatic carbocycles. The van der Waals surface area contributed by atoms with Crippen molar-refractivity contribution in [3.05, 3.63) is 194 Å². The monoisotopic (exact) mass is 720 g/mol. The molecular formula is C50H36N6. The Morgan fingerprint density at radius 1 is 0.500 bits per heavy atom. The van der Waals surface area contributed by atoms with Crippen LogP contribution in [0.2, 0.25) is 0 Å². The molecule has 0 radical (unpaired) electrons. The van der Waals surface area contributed by atoms with E-state index in [1.165, 1.54) is 49.4 Å². The van der Waals surface area contributed by atoms with E-state index in [0.717, 1.165) is 39.5 Å². The Balaban J connectivity index is 1.16. The van der Waals surface area contributed by atoms with Gasteiger partial charge in [-0.15, -0.1) is 0 Å². The lowest BCUT2D eigenvalue weighted by Crippen LogP contribution is -2.16. The second-order valence-corrected chi connectivity index (χ2v) is 15.0. The summed E-state index contributed by atoms with van der Waals surface area (Å²) < 4.78 is 4.69. The van der Waals surface area contributed by atoms with Gasteiger partial charge in [0.25, 0.3) is 0 Å². The number of aromatic nitrogens is 5. The standard InChI is InChI=1S/C50H36N6/c1-50(2)43-16-10-9-15-39(43)40-23-21-38(30-44(40)50)55(36-19-17-33(18-20-36)49-52-31-51-32-53-49)37-22-24-46-42(29-37)48-41-27-28-54(34-11-5-3-6-12-34)45(41)25-26-47(48)56(46)35-13-7-4-8-14-35/h3-32H,1-2H3. The van der Waals surface area contributed by atoms with Gasteiger partial charge in [-0.25, -0.2) is 15.0 Å². The molecule has 3 aromatic heterocycles. The van der Waals surface area contributed by atoms with Gasteiger partial charge in [-0.3, -0.25) is 0 Å². The number of hydrogen-bond acceptors (Lipinski definition) is 4. The summed E-state index contributed by atoms with van der Waals surface area (Å²) >= 11 is 0. The summed E-state index contributed by atoms with van der Waals surface area (Å²) in [6.45, 7) is 4.68. The Morgan fingerprint density at radius 3 is 1.91 bits per heavy atom. The van der Waals surface area contributed by atoms with Crippen molar-refractivity contribution in [3.63, 3.8) is 0 Å². The number of anilines is 3. The van der Waals surface area contributed by atoms with Crippen molar-refractivity contribution in [1.82, 2.24) is 24.1 Å². The lowest BCUT2D eigenvalue weighted by Gasteiger charge is -2.28. The van der Waals surface area contributed by atoms with Gasteiger partial charge in [0.05, 0.1) is 16.6 Å². The van der Waals surface area contributed by atoms with Crippen molar-refractivity contribution in [3.8, 4) is 33.9 Å². The molecule has 0 spiro atoms. The SMILES string of the molecule is CC1(C)c2ccccc2-c2ccc(N(c3ccc(-c4ncncn4)cc3)c3ccc4c(c3)c3c5ccn(-c6ccccc6)c5ccc3n4-c3ccccc3)cc21. The summed E-state index contributed by atoms with van der Waals surface area (Å²) in [4.78, 5) is 15.2. The van der Waals surface area contributed by atoms with E-state index in [1.54, 1.807) is 12.7 Å². The number of benzene rings is 7. The molecular weight excluding hydrogens is 685 g/mol. The van der Waals surface area contributed by atoms with Crippen molar-refractivity contribution >= 4 is 49.8 Å². The Morgan fingerprint density at radius 2 is 1.12 bits per heavy atom. The average molecular weight is 721 g/mol. The minimum Gasteiger partial charge on any atom is -0.317 e. The zero-order chi connectivity index (χ0) is 37.4. The fourth-order valence-electron chi connectivity index (χ4n) is 8.96. The van der Waals surface area contributed by atoms with Crippen LogP contribution in [0.3, 0.4) is 0 Å². The molecule has 6 heteroatoms. The van der Waals surface area contributed by atoms with Crippen molar-refractivity contribution < 1.29 is 0 Å². The van der Waals surface area contributed by atoms with Crippen molar-refractivity contribution in [2.75, 3.05) is 4.90 Å². The number of fused-ring (bicyclic) bond motifs is 8. The normalized spacial score (nSPS) is 13.0. The van der Waals surface area contributed by atoms with E-state index < -0.39 is 0 Å². The summed E-state index contributed by atoms with van der Waals surface area (Å²) in [6, 6.07) is 59.3. The van der Waals surface area contributed by atoms with E-state index in [9.17, 15) is 0 Å². The van der Waals surface area contributed by atoms with Crippen LogP contribution in [-0.2, 0) is 5.41 Å². The van der Waals surface area contributed by atoms with Crippen molar-refractivity contribution in [1.29, 1.82) is 0 Å². The van der Waals surface area contributed by atoms with Crippen LogP contribution < -0.4 is 4.90 Å². The average Bonchev–Trinajstić information content (AvgIpc) is 3.90. The lowest BCUT2D eigenvalue weighted by atomic mass is 9.82. The number of rotatable bonds is 6. The van der Waals surface area contributed by atoms with E-state index in [1.807, 2.05) is 0 Å². The van der Waals surface area contributed by atoms with E-state index in [0.29, 0.717) is 5.82 Å². The molecule has 1 aliphatic rings. The summed E-state index contributed by atoms with van der Waals surface area (Å²) in [5.41, 5.74) is 15.1. The molecule has 266 valence electrons. The highest BCUT2D eigenvalue weighted by Gasteiger charge is 2.35. The van der Waals surface area contributed by atoms with Crippen LogP contribution in [0, 0.1) is 0 Å². The third-order valence-corrected chi connectivity index (χ3v) is 11.6. The Bertz CT molecular complexity index is 3090. The first-order chi connectivity index (χ1) is 27.5. The first-order valence-electron chi connectivity index (χ1n) is 19.0. The fraction of sp³-hybridized carbons (Fsp3) is 0.0600. The molecule has 0 unspecified atom stereocenters. The minimum atomic E-state index is -0.138. The molecule has 6 nitrogen and oxygen atoms in total. The topological polar surface area (TPSA) is 51.8 Å². The van der Waals surface area contributed by atoms with Gasteiger partial charge in [0, 0.05) is 61.8 Å². The van der Waals surface area contributed by atoms with E-state index in [2.05, 4.69) is 213 Å². The zero-order valence-corrected chi connectivity index (χ0v) is 31.0. The Kier molecular flexibility index (Phi) is 7.10. The molecule has 0 saturated carbocycles. The Labute approximate surface area is 324 Å². The van der Waals surface area contributed by atoms with E-state index in [-0.39, 0.29) is 5.41 Å². The van der Waals surface area contributed by atoms with Crippen LogP contribution in [0.1, 0.15) is 25.0 Å². The number of para-hydroxylation sites is 2. The summed E-state index contributed by atoms with van der Waals surface area (Å²) in [6.07, 6.45) is 5.28. The van der Waals surface area contributed by atoms with Crippen LogP contribution >= 0.6 is 0 Å². The molecule has 0 N–H and O–H groups in total. The molecule has 0 saturated heterocycles. The molecule has 10 aromatic rings. The summed E-state index contributed by atoms with van der Waals surface area (Å²) in [5.74, 6) is 0.650. The van der Waals surface area contributed by atoms with Gasteiger partial charge >= 0.3 is 0 Å². The van der Waals surface area contributed by atoms with Crippen LogP contribution in [-0.4, -0.2) is 24.1 Å². The van der Waals surface area contributed by atoms with Crippen molar-refractivity contribution in [2.24, 2.45) is 0 Å². The molecule has 0 amide bonds. The molecule has 11 rings (SSSR count). The maximum Gasteiger partial charge on any atom is 0.162 e. The molecule has 7 aromatic carbocycles. The molecule has 0 bridgehead atoms. The zero-order valence-electron chi connectivity index (χ0n) is 31.0. The van der Waals surface area contributed by atoms with Gasteiger partial charge in [0.2, 0.25) is 0 Å². The van der Waals surface area contributed by atoms with Gasteiger partial charge in [-0.2, -0.15) is 0 Å². The first-order valence-corrected chi connectivity index (χ1v) is 19.0. The highest BCUT2D eigenvalue weighted by atomic mass is 15.1. The smallest absolute Gasteiger partial charge is 0.162 e. The first kappa shape index (κ1) is 32.1. The molecule has 0 atom stereocenters. The Hall–Kier alpha value is -7.31. The highest BCUT2D eigenvalue weighted by molar-refractivity contribution is 6.22. The van der Waals surface area contributed by atoms with Gasteiger partial charge in [0.15, 0.2) is 5.82 Å². The number of nitrogens with zero attached hydrogens (tertiary/aromatic N) is 6. The minimum absolute atomic E-state index is 0.138. The third kappa shape index (κ3) is 4.85. The second kappa shape index (κ2) is 12.4. The van der Waals surface area contributed by atoms with Gasteiger partial charge in [0.1, 0.15) is 12.7 Å². The maximum absolute atomic E-state index is 4.41. The summed E-state index contributed by atoms with van der Waals surface area (Å²) in [7, 11) is 0. The van der Waals surface area contributed by atoms with Crippen LogP contribution in [0.5, 0.6) is 0 Å². The maximum atomic E-state index is 4.41. The van der Waals surface area contributed by atoms with E-state index >= 15 is 0 Å². The van der Waals surface area contributed by atoms with Gasteiger partial charge in [-0.05, 0) is 119 Å². The lowest BCUT2D eigenvalue weighted by molar-refractivity contribution is 0.660. The molecule has 0 fully saturated rings. The van der Waals surface area contributed by atoms with Crippen molar-refractivity contribution in [2.45, 2.75) is 19.3 Å². The van der Waals surface area contributed by atoms with Gasteiger partial charge in [-0.1, -0.05) is 80.6 Å².